The second-order valence-electron chi connectivity index (χ2n) is 4.67. The molecular formula is C11H22N2S. The summed E-state index contributed by atoms with van der Waals surface area (Å²) >= 11 is 2.05. The number of hydrogen-bond acceptors (Lipinski definition) is 3. The van der Waals surface area contributed by atoms with Crippen LogP contribution < -0.4 is 5.73 Å². The normalized spacial score (nSPS) is 40.3. The zero-order chi connectivity index (χ0) is 9.97. The molecule has 1 saturated carbocycles. The van der Waals surface area contributed by atoms with E-state index in [9.17, 15) is 0 Å². The van der Waals surface area contributed by atoms with Crippen molar-refractivity contribution < 1.29 is 0 Å². The molecule has 2 nitrogen and oxygen atoms in total. The monoisotopic (exact) mass is 214 g/mol. The standard InChI is InChI=1S/C11H22N2S/c1-14-11-6-2-5-10(11)13-7-3-4-9(12)8-13/h9-11H,2-8,12H2,1H3. The maximum atomic E-state index is 6.03. The first-order chi connectivity index (χ1) is 6.81. The average molecular weight is 214 g/mol. The molecule has 1 aliphatic heterocycles. The molecule has 14 heavy (non-hydrogen) atoms. The molecule has 0 aromatic rings. The van der Waals surface area contributed by atoms with Crippen molar-refractivity contribution in [1.29, 1.82) is 0 Å². The van der Waals surface area contributed by atoms with Crippen LogP contribution in [0.15, 0.2) is 0 Å². The van der Waals surface area contributed by atoms with Crippen LogP contribution in [0.4, 0.5) is 0 Å². The highest BCUT2D eigenvalue weighted by molar-refractivity contribution is 7.99. The van der Waals surface area contributed by atoms with E-state index in [1.54, 1.807) is 0 Å². The van der Waals surface area contributed by atoms with Crippen LogP contribution in [0.2, 0.25) is 0 Å². The van der Waals surface area contributed by atoms with Crippen molar-refractivity contribution in [2.24, 2.45) is 5.73 Å². The molecule has 0 spiro atoms. The van der Waals surface area contributed by atoms with Crippen molar-refractivity contribution in [3.63, 3.8) is 0 Å². The van der Waals surface area contributed by atoms with Crippen LogP contribution in [-0.2, 0) is 0 Å². The summed E-state index contributed by atoms with van der Waals surface area (Å²) in [5, 5.41) is 0.875. The summed E-state index contributed by atoms with van der Waals surface area (Å²) in [6.45, 7) is 2.43. The smallest absolute Gasteiger partial charge is 0.0215 e. The molecule has 0 amide bonds. The van der Waals surface area contributed by atoms with E-state index in [-0.39, 0.29) is 0 Å². The van der Waals surface area contributed by atoms with Crippen molar-refractivity contribution in [2.75, 3.05) is 19.3 Å². The van der Waals surface area contributed by atoms with E-state index in [0.717, 1.165) is 17.8 Å². The Morgan fingerprint density at radius 1 is 1.21 bits per heavy atom. The zero-order valence-electron chi connectivity index (χ0n) is 9.11. The Labute approximate surface area is 91.6 Å². The van der Waals surface area contributed by atoms with Gasteiger partial charge in [0, 0.05) is 23.9 Å². The summed E-state index contributed by atoms with van der Waals surface area (Å²) in [6.07, 6.45) is 9.02. The van der Waals surface area contributed by atoms with Gasteiger partial charge in [-0.25, -0.2) is 0 Å². The highest BCUT2D eigenvalue weighted by Gasteiger charge is 2.33. The topological polar surface area (TPSA) is 29.3 Å². The molecule has 1 heterocycles. The Balaban J connectivity index is 1.92. The Hall–Kier alpha value is 0.270. The first-order valence-electron chi connectivity index (χ1n) is 5.83. The molecular weight excluding hydrogens is 192 g/mol. The van der Waals surface area contributed by atoms with Crippen LogP contribution in [0.5, 0.6) is 0 Å². The van der Waals surface area contributed by atoms with Crippen molar-refractivity contribution >= 4 is 11.8 Å². The predicted molar refractivity (Wildman–Crippen MR) is 63.7 cm³/mol. The van der Waals surface area contributed by atoms with E-state index in [0.29, 0.717) is 6.04 Å². The molecule has 2 aliphatic rings. The maximum absolute atomic E-state index is 6.03. The third kappa shape index (κ3) is 2.26. The van der Waals surface area contributed by atoms with Crippen LogP contribution in [0.25, 0.3) is 0 Å². The summed E-state index contributed by atoms with van der Waals surface area (Å²) in [4.78, 5) is 2.66. The lowest BCUT2D eigenvalue weighted by Gasteiger charge is -2.37. The van der Waals surface area contributed by atoms with E-state index < -0.39 is 0 Å². The van der Waals surface area contributed by atoms with Crippen molar-refractivity contribution in [3.05, 3.63) is 0 Å². The average Bonchev–Trinajstić information content (AvgIpc) is 2.65. The Morgan fingerprint density at radius 3 is 2.79 bits per heavy atom. The van der Waals surface area contributed by atoms with Gasteiger partial charge >= 0.3 is 0 Å². The first-order valence-corrected chi connectivity index (χ1v) is 7.12. The van der Waals surface area contributed by atoms with Crippen LogP contribution in [0.3, 0.4) is 0 Å². The highest BCUT2D eigenvalue weighted by Crippen LogP contribution is 2.33. The van der Waals surface area contributed by atoms with Gasteiger partial charge in [-0.2, -0.15) is 11.8 Å². The van der Waals surface area contributed by atoms with Gasteiger partial charge in [0.05, 0.1) is 0 Å². The molecule has 0 aromatic carbocycles. The number of nitrogens with zero attached hydrogens (tertiary/aromatic N) is 1. The summed E-state index contributed by atoms with van der Waals surface area (Å²) in [5.74, 6) is 0. The molecule has 1 aliphatic carbocycles. The van der Waals surface area contributed by atoms with Crippen molar-refractivity contribution in [3.8, 4) is 0 Å². The number of piperidine rings is 1. The van der Waals surface area contributed by atoms with Crippen LogP contribution >= 0.6 is 11.8 Å². The Morgan fingerprint density at radius 2 is 2.07 bits per heavy atom. The number of thioether (sulfide) groups is 1. The largest absolute Gasteiger partial charge is 0.327 e. The minimum atomic E-state index is 0.437. The van der Waals surface area contributed by atoms with E-state index in [4.69, 9.17) is 5.73 Å². The van der Waals surface area contributed by atoms with E-state index in [2.05, 4.69) is 22.9 Å². The molecule has 0 radical (unpaired) electrons. The Bertz CT molecular complexity index is 186. The summed E-state index contributed by atoms with van der Waals surface area (Å²) in [5.41, 5.74) is 6.03. The lowest BCUT2D eigenvalue weighted by Crippen LogP contribution is -2.49. The van der Waals surface area contributed by atoms with Gasteiger partial charge in [-0.05, 0) is 38.5 Å². The van der Waals surface area contributed by atoms with Gasteiger partial charge in [0.1, 0.15) is 0 Å². The number of nitrogens with two attached hydrogens (primary N) is 1. The van der Waals surface area contributed by atoms with Gasteiger partial charge in [-0.15, -0.1) is 0 Å². The lowest BCUT2D eigenvalue weighted by atomic mass is 10.0. The van der Waals surface area contributed by atoms with Crippen LogP contribution in [-0.4, -0.2) is 41.6 Å². The van der Waals surface area contributed by atoms with Crippen molar-refractivity contribution in [1.82, 2.24) is 4.90 Å². The molecule has 0 aromatic heterocycles. The van der Waals surface area contributed by atoms with E-state index >= 15 is 0 Å². The minimum Gasteiger partial charge on any atom is -0.327 e. The SMILES string of the molecule is CSC1CCCC1N1CCCC(N)C1. The van der Waals surface area contributed by atoms with Gasteiger partial charge in [0.2, 0.25) is 0 Å². The van der Waals surface area contributed by atoms with Gasteiger partial charge in [-0.3, -0.25) is 4.90 Å². The van der Waals surface area contributed by atoms with Gasteiger partial charge in [0.25, 0.3) is 0 Å². The van der Waals surface area contributed by atoms with Gasteiger partial charge < -0.3 is 5.73 Å². The van der Waals surface area contributed by atoms with Crippen molar-refractivity contribution in [2.45, 2.75) is 49.4 Å². The molecule has 3 heteroatoms. The first kappa shape index (κ1) is 10.8. The molecule has 1 saturated heterocycles. The van der Waals surface area contributed by atoms with Crippen LogP contribution in [0, 0.1) is 0 Å². The van der Waals surface area contributed by atoms with Gasteiger partial charge in [0.15, 0.2) is 0 Å². The molecule has 2 rings (SSSR count). The number of likely N-dealkylation sites (tertiary alicyclic amines) is 1. The molecule has 2 N–H and O–H groups in total. The number of hydrogen-bond donors (Lipinski definition) is 1. The third-order valence-electron chi connectivity index (χ3n) is 3.68. The number of rotatable bonds is 2. The molecule has 0 bridgehead atoms. The second-order valence-corrected chi connectivity index (χ2v) is 5.75. The molecule has 82 valence electrons. The second kappa shape index (κ2) is 4.86. The third-order valence-corrected chi connectivity index (χ3v) is 4.83. The molecule has 2 fully saturated rings. The highest BCUT2D eigenvalue weighted by atomic mass is 32.2. The summed E-state index contributed by atoms with van der Waals surface area (Å²) in [6, 6.07) is 1.27. The summed E-state index contributed by atoms with van der Waals surface area (Å²) < 4.78 is 0. The van der Waals surface area contributed by atoms with E-state index in [1.165, 1.54) is 38.6 Å². The molecule has 3 atom stereocenters. The Kier molecular flexibility index (Phi) is 3.74. The fourth-order valence-corrected chi connectivity index (χ4v) is 3.97. The zero-order valence-corrected chi connectivity index (χ0v) is 9.93. The molecule has 3 unspecified atom stereocenters. The lowest BCUT2D eigenvalue weighted by molar-refractivity contribution is 0.154. The fourth-order valence-electron chi connectivity index (χ4n) is 2.94. The maximum Gasteiger partial charge on any atom is 0.0215 e. The fraction of sp³-hybridized carbons (Fsp3) is 1.00. The van der Waals surface area contributed by atoms with Crippen LogP contribution in [0.1, 0.15) is 32.1 Å². The summed E-state index contributed by atoms with van der Waals surface area (Å²) in [7, 11) is 0. The van der Waals surface area contributed by atoms with E-state index in [1.807, 2.05) is 0 Å². The van der Waals surface area contributed by atoms with Gasteiger partial charge in [-0.1, -0.05) is 6.42 Å². The minimum absolute atomic E-state index is 0.437. The predicted octanol–water partition coefficient (Wildman–Crippen LogP) is 1.69. The quantitative estimate of drug-likeness (QED) is 0.758.